The van der Waals surface area contributed by atoms with Crippen LogP contribution in [-0.4, -0.2) is 68.5 Å². The lowest BCUT2D eigenvalue weighted by molar-refractivity contribution is -0.130. The highest BCUT2D eigenvalue weighted by atomic mass is 127. The molecule has 1 unspecified atom stereocenters. The van der Waals surface area contributed by atoms with Gasteiger partial charge in [-0.15, -0.1) is 24.0 Å². The van der Waals surface area contributed by atoms with E-state index in [2.05, 4.69) is 60.8 Å². The standard InChI is InChI=1S/C22H37N5O.HI/c1-4-23-22(24-15-11-17-27-16-10-6-9-14-21(27)28)25-18-20(26(2)3)19-12-7-5-8-13-19;/h5,7-8,12-13,20H,4,6,9-11,14-18H2,1-3H3,(H2,23,24,25);1H. The van der Waals surface area contributed by atoms with Crippen LogP contribution < -0.4 is 10.6 Å². The predicted octanol–water partition coefficient (Wildman–Crippen LogP) is 3.26. The SMILES string of the molecule is CCNC(=NCC(c1ccccc1)N(C)C)NCCCN1CCCCCC1=O.I. The first-order chi connectivity index (χ1) is 13.6. The van der Waals surface area contributed by atoms with Gasteiger partial charge >= 0.3 is 0 Å². The molecule has 1 aliphatic heterocycles. The van der Waals surface area contributed by atoms with Gasteiger partial charge in [-0.05, 0) is 45.8 Å². The maximum Gasteiger partial charge on any atom is 0.222 e. The number of nitrogens with one attached hydrogen (secondary N) is 2. The summed E-state index contributed by atoms with van der Waals surface area (Å²) in [5.74, 6) is 1.15. The first-order valence-corrected chi connectivity index (χ1v) is 10.6. The average molecular weight is 515 g/mol. The fourth-order valence-corrected chi connectivity index (χ4v) is 3.51. The first-order valence-electron chi connectivity index (χ1n) is 10.6. The molecule has 1 fully saturated rings. The van der Waals surface area contributed by atoms with E-state index in [0.717, 1.165) is 51.4 Å². The molecule has 29 heavy (non-hydrogen) atoms. The number of amides is 1. The Hall–Kier alpha value is -1.35. The number of likely N-dealkylation sites (tertiary alicyclic amines) is 1. The molecule has 0 spiro atoms. The third-order valence-electron chi connectivity index (χ3n) is 5.14. The van der Waals surface area contributed by atoms with Crippen LogP contribution in [0.5, 0.6) is 0 Å². The van der Waals surface area contributed by atoms with Gasteiger partial charge in [-0.25, -0.2) is 0 Å². The molecule has 1 heterocycles. The lowest BCUT2D eigenvalue weighted by atomic mass is 10.1. The second kappa shape index (κ2) is 14.6. The zero-order chi connectivity index (χ0) is 20.2. The third kappa shape index (κ3) is 9.33. The number of hydrogen-bond acceptors (Lipinski definition) is 3. The van der Waals surface area contributed by atoms with Crippen LogP contribution in [0.25, 0.3) is 0 Å². The van der Waals surface area contributed by atoms with Gasteiger partial charge in [0, 0.05) is 32.6 Å². The van der Waals surface area contributed by atoms with Crippen molar-refractivity contribution >= 4 is 35.8 Å². The van der Waals surface area contributed by atoms with Crippen molar-refractivity contribution in [2.24, 2.45) is 4.99 Å². The predicted molar refractivity (Wildman–Crippen MR) is 132 cm³/mol. The van der Waals surface area contributed by atoms with Gasteiger partial charge in [0.25, 0.3) is 0 Å². The molecule has 1 aliphatic rings. The Labute approximate surface area is 193 Å². The largest absolute Gasteiger partial charge is 0.357 e. The molecule has 2 rings (SSSR count). The smallest absolute Gasteiger partial charge is 0.222 e. The van der Waals surface area contributed by atoms with Crippen LogP contribution in [0.2, 0.25) is 0 Å². The summed E-state index contributed by atoms with van der Waals surface area (Å²) in [7, 11) is 4.18. The van der Waals surface area contributed by atoms with E-state index in [1.807, 2.05) is 11.0 Å². The summed E-state index contributed by atoms with van der Waals surface area (Å²) in [5, 5.41) is 6.74. The monoisotopic (exact) mass is 515 g/mol. The molecule has 0 saturated carbocycles. The van der Waals surface area contributed by atoms with Gasteiger partial charge in [0.1, 0.15) is 0 Å². The van der Waals surface area contributed by atoms with Crippen LogP contribution in [0.1, 0.15) is 50.6 Å². The number of benzene rings is 1. The molecule has 0 aliphatic carbocycles. The van der Waals surface area contributed by atoms with Crippen molar-refractivity contribution in [1.29, 1.82) is 0 Å². The maximum absolute atomic E-state index is 12.1. The molecular formula is C22H38IN5O. The van der Waals surface area contributed by atoms with E-state index in [1.54, 1.807) is 0 Å². The summed E-state index contributed by atoms with van der Waals surface area (Å²) < 4.78 is 0. The molecule has 1 aromatic rings. The highest BCUT2D eigenvalue weighted by Crippen LogP contribution is 2.18. The number of hydrogen-bond donors (Lipinski definition) is 2. The molecule has 2 N–H and O–H groups in total. The minimum atomic E-state index is 0. The van der Waals surface area contributed by atoms with E-state index in [4.69, 9.17) is 4.99 Å². The van der Waals surface area contributed by atoms with Crippen LogP contribution >= 0.6 is 24.0 Å². The maximum atomic E-state index is 12.1. The highest BCUT2D eigenvalue weighted by Gasteiger charge is 2.16. The summed E-state index contributed by atoms with van der Waals surface area (Å²) in [6.07, 6.45) is 5.00. The molecule has 164 valence electrons. The summed E-state index contributed by atoms with van der Waals surface area (Å²) >= 11 is 0. The van der Waals surface area contributed by atoms with Crippen molar-refractivity contribution in [2.75, 3.05) is 46.8 Å². The van der Waals surface area contributed by atoms with Gasteiger partial charge in [0.15, 0.2) is 5.96 Å². The Morgan fingerprint density at radius 1 is 1.17 bits per heavy atom. The number of carbonyl (C=O) groups excluding carboxylic acids is 1. The summed E-state index contributed by atoms with van der Waals surface area (Å²) in [5.41, 5.74) is 1.27. The van der Waals surface area contributed by atoms with E-state index in [-0.39, 0.29) is 30.0 Å². The number of carbonyl (C=O) groups is 1. The van der Waals surface area contributed by atoms with Crippen molar-refractivity contribution in [3.8, 4) is 0 Å². The molecule has 6 nitrogen and oxygen atoms in total. The van der Waals surface area contributed by atoms with Crippen molar-refractivity contribution in [2.45, 2.75) is 45.1 Å². The fourth-order valence-electron chi connectivity index (χ4n) is 3.51. The molecular weight excluding hydrogens is 477 g/mol. The Morgan fingerprint density at radius 2 is 1.93 bits per heavy atom. The van der Waals surface area contributed by atoms with Crippen molar-refractivity contribution in [3.05, 3.63) is 35.9 Å². The Balaban J connectivity index is 0.00000420. The average Bonchev–Trinajstić information content (AvgIpc) is 2.90. The van der Waals surface area contributed by atoms with E-state index in [0.29, 0.717) is 18.9 Å². The number of halogens is 1. The number of guanidine groups is 1. The van der Waals surface area contributed by atoms with E-state index >= 15 is 0 Å². The quantitative estimate of drug-likeness (QED) is 0.230. The highest BCUT2D eigenvalue weighted by molar-refractivity contribution is 14.0. The van der Waals surface area contributed by atoms with Crippen LogP contribution in [0.15, 0.2) is 35.3 Å². The number of nitrogens with zero attached hydrogens (tertiary/aromatic N) is 3. The van der Waals surface area contributed by atoms with Crippen LogP contribution in [0.3, 0.4) is 0 Å². The van der Waals surface area contributed by atoms with Crippen LogP contribution in [0, 0.1) is 0 Å². The van der Waals surface area contributed by atoms with Crippen molar-refractivity contribution in [1.82, 2.24) is 20.4 Å². The first kappa shape index (κ1) is 25.7. The topological polar surface area (TPSA) is 60.0 Å². The third-order valence-corrected chi connectivity index (χ3v) is 5.14. The zero-order valence-electron chi connectivity index (χ0n) is 18.2. The van der Waals surface area contributed by atoms with E-state index in [1.165, 1.54) is 12.0 Å². The molecule has 1 atom stereocenters. The van der Waals surface area contributed by atoms with Crippen molar-refractivity contribution < 1.29 is 4.79 Å². The Kier molecular flexibility index (Phi) is 12.9. The van der Waals surface area contributed by atoms with Crippen molar-refractivity contribution in [3.63, 3.8) is 0 Å². The second-order valence-corrected chi connectivity index (χ2v) is 7.58. The summed E-state index contributed by atoms with van der Waals surface area (Å²) in [6, 6.07) is 10.7. The lowest BCUT2D eigenvalue weighted by Gasteiger charge is -2.24. The summed E-state index contributed by atoms with van der Waals surface area (Å²) in [4.78, 5) is 21.1. The minimum Gasteiger partial charge on any atom is -0.357 e. The van der Waals surface area contributed by atoms with E-state index < -0.39 is 0 Å². The zero-order valence-corrected chi connectivity index (χ0v) is 20.5. The normalized spacial score (nSPS) is 16.2. The molecule has 0 aromatic heterocycles. The van der Waals surface area contributed by atoms with Crippen LogP contribution in [-0.2, 0) is 4.79 Å². The van der Waals surface area contributed by atoms with Gasteiger partial charge in [-0.2, -0.15) is 0 Å². The van der Waals surface area contributed by atoms with E-state index in [9.17, 15) is 4.79 Å². The molecule has 0 bridgehead atoms. The Morgan fingerprint density at radius 3 is 2.62 bits per heavy atom. The lowest BCUT2D eigenvalue weighted by Crippen LogP contribution is -2.40. The fraction of sp³-hybridized carbons (Fsp3) is 0.636. The van der Waals surface area contributed by atoms with Gasteiger partial charge in [0.2, 0.25) is 5.91 Å². The number of aliphatic imine (C=N–C) groups is 1. The molecule has 1 aromatic carbocycles. The molecule has 0 radical (unpaired) electrons. The van der Waals surface area contributed by atoms with Gasteiger partial charge < -0.3 is 20.4 Å². The van der Waals surface area contributed by atoms with Gasteiger partial charge in [0.05, 0.1) is 12.6 Å². The minimum absolute atomic E-state index is 0. The van der Waals surface area contributed by atoms with Gasteiger partial charge in [-0.3, -0.25) is 9.79 Å². The number of likely N-dealkylation sites (N-methyl/N-ethyl adjacent to an activating group) is 1. The molecule has 7 heteroatoms. The van der Waals surface area contributed by atoms with Crippen LogP contribution in [0.4, 0.5) is 0 Å². The molecule has 1 saturated heterocycles. The summed E-state index contributed by atoms with van der Waals surface area (Å²) in [6.45, 7) is 6.15. The van der Waals surface area contributed by atoms with Gasteiger partial charge in [-0.1, -0.05) is 36.8 Å². The number of rotatable bonds is 9. The Bertz CT molecular complexity index is 608. The second-order valence-electron chi connectivity index (χ2n) is 7.58. The molecule has 1 amide bonds.